The number of carboxylic acid groups (broad SMARTS) is 1. The van der Waals surface area contributed by atoms with Crippen molar-refractivity contribution in [3.05, 3.63) is 53.2 Å². The molecule has 2 aromatic rings. The van der Waals surface area contributed by atoms with Gasteiger partial charge in [0.25, 0.3) is 0 Å². The number of carbonyl (C=O) groups is 2. The van der Waals surface area contributed by atoms with Crippen LogP contribution < -0.4 is 10.4 Å². The molecule has 108 valence electrons. The molecule has 1 aromatic heterocycles. The van der Waals surface area contributed by atoms with Gasteiger partial charge in [0.15, 0.2) is 0 Å². The Labute approximate surface area is 130 Å². The van der Waals surface area contributed by atoms with E-state index in [0.29, 0.717) is 10.7 Å². The van der Waals surface area contributed by atoms with Gasteiger partial charge in [0, 0.05) is 11.8 Å². The number of pyridine rings is 1. The Kier molecular flexibility index (Phi) is 5.19. The van der Waals surface area contributed by atoms with E-state index in [2.05, 4.69) is 10.3 Å². The molecule has 1 amide bonds. The van der Waals surface area contributed by atoms with Gasteiger partial charge in [0.1, 0.15) is 5.03 Å². The van der Waals surface area contributed by atoms with Crippen molar-refractivity contribution in [2.45, 2.75) is 5.03 Å². The summed E-state index contributed by atoms with van der Waals surface area (Å²) in [5, 5.41) is 14.2. The standard InChI is InChI=1S/C14H11ClN2O3S/c15-10-5-1-2-6-11(10)17-12(18)8-21-13-9(14(19)20)4-3-7-16-13/h1-7H,8H2,(H,17,18)(H,19,20)/p-1. The summed E-state index contributed by atoms with van der Waals surface area (Å²) in [6, 6.07) is 9.74. The Morgan fingerprint density at radius 2 is 2.00 bits per heavy atom. The number of rotatable bonds is 5. The van der Waals surface area contributed by atoms with Gasteiger partial charge in [-0.2, -0.15) is 0 Å². The SMILES string of the molecule is O=C(CSc1ncccc1C(=O)[O-])Nc1ccccc1Cl. The van der Waals surface area contributed by atoms with Crippen LogP contribution in [0.25, 0.3) is 0 Å². The van der Waals surface area contributed by atoms with Crippen molar-refractivity contribution in [3.63, 3.8) is 0 Å². The van der Waals surface area contributed by atoms with Crippen LogP contribution in [0.1, 0.15) is 10.4 Å². The Morgan fingerprint density at radius 1 is 1.24 bits per heavy atom. The lowest BCUT2D eigenvalue weighted by molar-refractivity contribution is -0.255. The number of carbonyl (C=O) groups excluding carboxylic acids is 2. The van der Waals surface area contributed by atoms with Gasteiger partial charge in [0.05, 0.1) is 22.4 Å². The van der Waals surface area contributed by atoms with Gasteiger partial charge in [-0.05, 0) is 24.3 Å². The minimum Gasteiger partial charge on any atom is -0.545 e. The van der Waals surface area contributed by atoms with E-state index < -0.39 is 5.97 Å². The zero-order valence-electron chi connectivity index (χ0n) is 10.7. The van der Waals surface area contributed by atoms with Crippen molar-refractivity contribution >= 4 is 40.9 Å². The zero-order valence-corrected chi connectivity index (χ0v) is 12.3. The molecule has 21 heavy (non-hydrogen) atoms. The molecule has 5 nitrogen and oxygen atoms in total. The molecule has 1 aromatic carbocycles. The number of carboxylic acids is 1. The van der Waals surface area contributed by atoms with E-state index in [1.165, 1.54) is 18.3 Å². The van der Waals surface area contributed by atoms with Gasteiger partial charge in [0.2, 0.25) is 5.91 Å². The van der Waals surface area contributed by atoms with Crippen LogP contribution in [0.15, 0.2) is 47.6 Å². The second-order valence-electron chi connectivity index (χ2n) is 3.96. The molecule has 7 heteroatoms. The van der Waals surface area contributed by atoms with E-state index in [1.807, 2.05) is 0 Å². The van der Waals surface area contributed by atoms with E-state index in [0.717, 1.165) is 11.8 Å². The highest BCUT2D eigenvalue weighted by Crippen LogP contribution is 2.22. The van der Waals surface area contributed by atoms with Crippen molar-refractivity contribution in [3.8, 4) is 0 Å². The normalized spacial score (nSPS) is 10.1. The number of thioether (sulfide) groups is 1. The average molecular weight is 322 g/mol. The molecular formula is C14H10ClN2O3S-. The Hall–Kier alpha value is -2.05. The number of benzene rings is 1. The van der Waals surface area contributed by atoms with Crippen LogP contribution in [0.4, 0.5) is 5.69 Å². The van der Waals surface area contributed by atoms with Crippen LogP contribution in [-0.4, -0.2) is 22.6 Å². The molecule has 0 radical (unpaired) electrons. The summed E-state index contributed by atoms with van der Waals surface area (Å²) in [4.78, 5) is 26.7. The predicted octanol–water partition coefficient (Wildman–Crippen LogP) is 1.83. The van der Waals surface area contributed by atoms with E-state index in [9.17, 15) is 14.7 Å². The molecule has 0 aliphatic carbocycles. The van der Waals surface area contributed by atoms with Crippen molar-refractivity contribution < 1.29 is 14.7 Å². The van der Waals surface area contributed by atoms with Crippen molar-refractivity contribution in [2.24, 2.45) is 0 Å². The molecule has 0 saturated carbocycles. The van der Waals surface area contributed by atoms with Crippen LogP contribution >= 0.6 is 23.4 Å². The topological polar surface area (TPSA) is 82.1 Å². The molecule has 0 bridgehead atoms. The third-order valence-electron chi connectivity index (χ3n) is 2.48. The first-order valence-electron chi connectivity index (χ1n) is 5.91. The van der Waals surface area contributed by atoms with E-state index in [4.69, 9.17) is 11.6 Å². The molecule has 0 fully saturated rings. The van der Waals surface area contributed by atoms with Gasteiger partial charge in [-0.25, -0.2) is 4.98 Å². The number of amides is 1. The number of anilines is 1. The molecule has 0 aliphatic heterocycles. The molecule has 1 N–H and O–H groups in total. The highest BCUT2D eigenvalue weighted by molar-refractivity contribution is 8.00. The van der Waals surface area contributed by atoms with E-state index in [1.54, 1.807) is 24.3 Å². The number of hydrogen-bond acceptors (Lipinski definition) is 5. The number of halogens is 1. The summed E-state index contributed by atoms with van der Waals surface area (Å²) in [6.45, 7) is 0. The maximum Gasteiger partial charge on any atom is 0.234 e. The molecular weight excluding hydrogens is 312 g/mol. The fourth-order valence-electron chi connectivity index (χ4n) is 1.54. The number of para-hydroxylation sites is 1. The Balaban J connectivity index is 1.99. The van der Waals surface area contributed by atoms with Gasteiger partial charge < -0.3 is 15.2 Å². The molecule has 2 rings (SSSR count). The fraction of sp³-hybridized carbons (Fsp3) is 0.0714. The third-order valence-corrected chi connectivity index (χ3v) is 3.81. The molecule has 0 aliphatic rings. The summed E-state index contributed by atoms with van der Waals surface area (Å²) in [5.74, 6) is -1.61. The first-order chi connectivity index (χ1) is 10.1. The van der Waals surface area contributed by atoms with Crippen LogP contribution in [0.5, 0.6) is 0 Å². The van der Waals surface area contributed by atoms with E-state index in [-0.39, 0.29) is 22.2 Å². The minimum absolute atomic E-state index is 0.0164. The smallest absolute Gasteiger partial charge is 0.234 e. The second-order valence-corrected chi connectivity index (χ2v) is 5.33. The van der Waals surface area contributed by atoms with Crippen LogP contribution in [0.3, 0.4) is 0 Å². The summed E-state index contributed by atoms with van der Waals surface area (Å²) in [7, 11) is 0. The summed E-state index contributed by atoms with van der Waals surface area (Å²) >= 11 is 6.95. The number of aromatic nitrogens is 1. The molecule has 0 spiro atoms. The lowest BCUT2D eigenvalue weighted by atomic mass is 10.3. The zero-order chi connectivity index (χ0) is 15.2. The van der Waals surface area contributed by atoms with Crippen LogP contribution in [0.2, 0.25) is 5.02 Å². The van der Waals surface area contributed by atoms with Gasteiger partial charge >= 0.3 is 0 Å². The third kappa shape index (κ3) is 4.21. The van der Waals surface area contributed by atoms with Crippen molar-refractivity contribution in [1.29, 1.82) is 0 Å². The van der Waals surface area contributed by atoms with Crippen LogP contribution in [0, 0.1) is 0 Å². The molecule has 1 heterocycles. The molecule has 0 unspecified atom stereocenters. The number of nitrogens with one attached hydrogen (secondary N) is 1. The molecule has 0 atom stereocenters. The summed E-state index contributed by atoms with van der Waals surface area (Å²) < 4.78 is 0. The van der Waals surface area contributed by atoms with Gasteiger partial charge in [-0.15, -0.1) is 0 Å². The first kappa shape index (κ1) is 15.3. The van der Waals surface area contributed by atoms with Crippen LogP contribution in [-0.2, 0) is 4.79 Å². The quantitative estimate of drug-likeness (QED) is 0.850. The summed E-state index contributed by atoms with van der Waals surface area (Å²) in [6.07, 6.45) is 1.46. The summed E-state index contributed by atoms with van der Waals surface area (Å²) in [5.41, 5.74) is 0.471. The van der Waals surface area contributed by atoms with E-state index >= 15 is 0 Å². The van der Waals surface area contributed by atoms with Crippen molar-refractivity contribution in [1.82, 2.24) is 4.98 Å². The minimum atomic E-state index is -1.32. The lowest BCUT2D eigenvalue weighted by Gasteiger charge is -2.09. The highest BCUT2D eigenvalue weighted by atomic mass is 35.5. The maximum atomic E-state index is 11.8. The second kappa shape index (κ2) is 7.10. The fourth-order valence-corrected chi connectivity index (χ4v) is 2.51. The Morgan fingerprint density at radius 3 is 2.71 bits per heavy atom. The number of hydrogen-bond donors (Lipinski definition) is 1. The monoisotopic (exact) mass is 321 g/mol. The molecule has 0 saturated heterocycles. The largest absolute Gasteiger partial charge is 0.545 e. The number of nitrogens with zero attached hydrogens (tertiary/aromatic N) is 1. The van der Waals surface area contributed by atoms with Gasteiger partial charge in [-0.3, -0.25) is 4.79 Å². The predicted molar refractivity (Wildman–Crippen MR) is 79.4 cm³/mol. The lowest BCUT2D eigenvalue weighted by Crippen LogP contribution is -2.23. The maximum absolute atomic E-state index is 11.8. The first-order valence-corrected chi connectivity index (χ1v) is 7.28. The number of aromatic carboxylic acids is 1. The van der Waals surface area contributed by atoms with Gasteiger partial charge in [-0.1, -0.05) is 35.5 Å². The Bertz CT molecular complexity index is 679. The van der Waals surface area contributed by atoms with Crippen molar-refractivity contribution in [2.75, 3.05) is 11.1 Å². The highest BCUT2D eigenvalue weighted by Gasteiger charge is 2.09. The average Bonchev–Trinajstić information content (AvgIpc) is 2.48.